The lowest BCUT2D eigenvalue weighted by atomic mass is 10.4. The molecule has 18 heavy (non-hydrogen) atoms. The van der Waals surface area contributed by atoms with Crippen molar-refractivity contribution in [2.75, 3.05) is 31.8 Å². The minimum Gasteiger partial charge on any atom is -0.472 e. The third-order valence-corrected chi connectivity index (χ3v) is 2.69. The number of hydrogen-bond acceptors (Lipinski definition) is 6. The summed E-state index contributed by atoms with van der Waals surface area (Å²) >= 11 is 1.50. The second-order valence-corrected chi connectivity index (χ2v) is 4.66. The Morgan fingerprint density at radius 2 is 2.22 bits per heavy atom. The molecule has 1 N–H and O–H groups in total. The molecule has 0 aliphatic carbocycles. The molecular formula is C12H21N3O2S. The van der Waals surface area contributed by atoms with E-state index >= 15 is 0 Å². The van der Waals surface area contributed by atoms with E-state index in [1.165, 1.54) is 11.8 Å². The predicted molar refractivity (Wildman–Crippen MR) is 74.6 cm³/mol. The summed E-state index contributed by atoms with van der Waals surface area (Å²) in [4.78, 5) is 8.69. The van der Waals surface area contributed by atoms with Gasteiger partial charge < -0.3 is 14.8 Å². The second-order valence-electron chi connectivity index (χ2n) is 3.89. The quantitative estimate of drug-likeness (QED) is 0.579. The Balaban J connectivity index is 2.76. The van der Waals surface area contributed by atoms with Gasteiger partial charge in [0, 0.05) is 19.7 Å². The molecule has 1 unspecified atom stereocenters. The van der Waals surface area contributed by atoms with Crippen molar-refractivity contribution in [2.24, 2.45) is 0 Å². The van der Waals surface area contributed by atoms with Crippen molar-refractivity contribution < 1.29 is 9.47 Å². The van der Waals surface area contributed by atoms with Crippen molar-refractivity contribution in [3.05, 3.63) is 6.07 Å². The fourth-order valence-electron chi connectivity index (χ4n) is 1.37. The molecule has 5 nitrogen and oxygen atoms in total. The third-order valence-electron chi connectivity index (χ3n) is 2.14. The lowest BCUT2D eigenvalue weighted by Crippen LogP contribution is -2.19. The Bertz CT molecular complexity index is 363. The highest BCUT2D eigenvalue weighted by Gasteiger charge is 2.08. The molecule has 1 aromatic rings. The van der Waals surface area contributed by atoms with Crippen LogP contribution in [0.25, 0.3) is 0 Å². The lowest BCUT2D eigenvalue weighted by Gasteiger charge is -2.14. The first-order chi connectivity index (χ1) is 8.69. The molecular weight excluding hydrogens is 250 g/mol. The van der Waals surface area contributed by atoms with Gasteiger partial charge in [0.15, 0.2) is 5.16 Å². The number of thioether (sulfide) groups is 1. The van der Waals surface area contributed by atoms with E-state index in [-0.39, 0.29) is 6.10 Å². The smallest absolute Gasteiger partial charge is 0.219 e. The number of hydrogen-bond donors (Lipinski definition) is 1. The SMILES string of the molecule is CCCNc1cc(OC(C)COC)nc(SC)n1. The largest absolute Gasteiger partial charge is 0.472 e. The Morgan fingerprint density at radius 1 is 1.44 bits per heavy atom. The highest BCUT2D eigenvalue weighted by molar-refractivity contribution is 7.98. The first-order valence-electron chi connectivity index (χ1n) is 6.02. The van der Waals surface area contributed by atoms with Gasteiger partial charge in [-0.1, -0.05) is 18.7 Å². The van der Waals surface area contributed by atoms with Crippen LogP contribution in [0.15, 0.2) is 11.2 Å². The van der Waals surface area contributed by atoms with Crippen LogP contribution in [0.5, 0.6) is 5.88 Å². The minimum atomic E-state index is -0.0290. The molecule has 1 heterocycles. The molecule has 0 saturated carbocycles. The van der Waals surface area contributed by atoms with Crippen LogP contribution in [0.3, 0.4) is 0 Å². The Labute approximate surface area is 113 Å². The molecule has 0 amide bonds. The van der Waals surface area contributed by atoms with Crippen LogP contribution < -0.4 is 10.1 Å². The maximum absolute atomic E-state index is 5.69. The average Bonchev–Trinajstić information content (AvgIpc) is 2.36. The van der Waals surface area contributed by atoms with Gasteiger partial charge in [-0.05, 0) is 19.6 Å². The van der Waals surface area contributed by atoms with Crippen LogP contribution in [0.2, 0.25) is 0 Å². The molecule has 0 bridgehead atoms. The van der Waals surface area contributed by atoms with Crippen LogP contribution in [-0.4, -0.2) is 42.6 Å². The van der Waals surface area contributed by atoms with Gasteiger partial charge in [0.2, 0.25) is 5.88 Å². The number of nitrogens with one attached hydrogen (secondary N) is 1. The molecule has 6 heteroatoms. The molecule has 0 saturated heterocycles. The first kappa shape index (κ1) is 15.0. The van der Waals surface area contributed by atoms with Gasteiger partial charge >= 0.3 is 0 Å². The van der Waals surface area contributed by atoms with Crippen LogP contribution in [0, 0.1) is 0 Å². The summed E-state index contributed by atoms with van der Waals surface area (Å²) in [6.45, 7) is 5.49. The molecule has 0 aliphatic heterocycles. The maximum Gasteiger partial charge on any atom is 0.219 e. The molecule has 0 radical (unpaired) electrons. The molecule has 102 valence electrons. The van der Waals surface area contributed by atoms with Crippen molar-refractivity contribution >= 4 is 17.6 Å². The number of methoxy groups -OCH3 is 1. The first-order valence-corrected chi connectivity index (χ1v) is 7.24. The normalized spacial score (nSPS) is 12.2. The van der Waals surface area contributed by atoms with E-state index in [1.807, 2.05) is 19.2 Å². The van der Waals surface area contributed by atoms with E-state index in [4.69, 9.17) is 9.47 Å². The number of nitrogens with zero attached hydrogens (tertiary/aromatic N) is 2. The van der Waals surface area contributed by atoms with Crippen molar-refractivity contribution in [3.63, 3.8) is 0 Å². The zero-order valence-electron chi connectivity index (χ0n) is 11.4. The fourth-order valence-corrected chi connectivity index (χ4v) is 1.74. The standard InChI is InChI=1S/C12H21N3O2S/c1-5-6-13-10-7-11(15-12(14-10)18-4)17-9(2)8-16-3/h7,9H,5-6,8H2,1-4H3,(H,13,14,15). The second kappa shape index (κ2) is 8.16. The topological polar surface area (TPSA) is 56.3 Å². The van der Waals surface area contributed by atoms with Crippen molar-refractivity contribution in [3.8, 4) is 5.88 Å². The van der Waals surface area contributed by atoms with E-state index in [0.29, 0.717) is 17.6 Å². The summed E-state index contributed by atoms with van der Waals surface area (Å²) < 4.78 is 10.7. The van der Waals surface area contributed by atoms with E-state index in [1.54, 1.807) is 7.11 Å². The maximum atomic E-state index is 5.69. The lowest BCUT2D eigenvalue weighted by molar-refractivity contribution is 0.0884. The van der Waals surface area contributed by atoms with Crippen LogP contribution in [0.4, 0.5) is 5.82 Å². The van der Waals surface area contributed by atoms with Crippen LogP contribution >= 0.6 is 11.8 Å². The van der Waals surface area contributed by atoms with Gasteiger partial charge in [0.25, 0.3) is 0 Å². The summed E-state index contributed by atoms with van der Waals surface area (Å²) in [6, 6.07) is 1.82. The number of ether oxygens (including phenoxy) is 2. The fraction of sp³-hybridized carbons (Fsp3) is 0.667. The number of rotatable bonds is 8. The molecule has 1 rings (SSSR count). The highest BCUT2D eigenvalue weighted by atomic mass is 32.2. The summed E-state index contributed by atoms with van der Waals surface area (Å²) in [5.74, 6) is 1.38. The van der Waals surface area contributed by atoms with Gasteiger partial charge in [-0.25, -0.2) is 4.98 Å². The van der Waals surface area contributed by atoms with Gasteiger partial charge in [-0.2, -0.15) is 4.98 Å². The van der Waals surface area contributed by atoms with Crippen LogP contribution in [-0.2, 0) is 4.74 Å². The Morgan fingerprint density at radius 3 is 2.83 bits per heavy atom. The summed E-state index contributed by atoms with van der Waals surface area (Å²) in [7, 11) is 1.65. The van der Waals surface area contributed by atoms with E-state index in [9.17, 15) is 0 Å². The molecule has 0 aliphatic rings. The summed E-state index contributed by atoms with van der Waals surface area (Å²) in [5.41, 5.74) is 0. The van der Waals surface area contributed by atoms with Crippen molar-refractivity contribution in [1.29, 1.82) is 0 Å². The minimum absolute atomic E-state index is 0.0290. The van der Waals surface area contributed by atoms with Crippen molar-refractivity contribution in [1.82, 2.24) is 9.97 Å². The molecule has 0 fully saturated rings. The number of anilines is 1. The van der Waals surface area contributed by atoms with E-state index < -0.39 is 0 Å². The van der Waals surface area contributed by atoms with Gasteiger partial charge in [-0.3, -0.25) is 0 Å². The van der Waals surface area contributed by atoms with Gasteiger partial charge in [0.1, 0.15) is 11.9 Å². The summed E-state index contributed by atoms with van der Waals surface area (Å²) in [6.07, 6.45) is 2.97. The molecule has 0 aromatic carbocycles. The van der Waals surface area contributed by atoms with Gasteiger partial charge in [-0.15, -0.1) is 0 Å². The highest BCUT2D eigenvalue weighted by Crippen LogP contribution is 2.19. The third kappa shape index (κ3) is 5.10. The van der Waals surface area contributed by atoms with E-state index in [2.05, 4.69) is 22.2 Å². The zero-order chi connectivity index (χ0) is 13.4. The average molecular weight is 271 g/mol. The zero-order valence-corrected chi connectivity index (χ0v) is 12.2. The molecule has 1 atom stereocenters. The van der Waals surface area contributed by atoms with E-state index in [0.717, 1.165) is 18.8 Å². The number of aromatic nitrogens is 2. The van der Waals surface area contributed by atoms with Gasteiger partial charge in [0.05, 0.1) is 6.61 Å². The Hall–Kier alpha value is -1.01. The van der Waals surface area contributed by atoms with Crippen LogP contribution in [0.1, 0.15) is 20.3 Å². The Kier molecular flexibility index (Phi) is 6.82. The molecule has 1 aromatic heterocycles. The predicted octanol–water partition coefficient (Wildman–Crippen LogP) is 2.43. The van der Waals surface area contributed by atoms with Crippen molar-refractivity contribution in [2.45, 2.75) is 31.5 Å². The summed E-state index contributed by atoms with van der Waals surface area (Å²) in [5, 5.41) is 3.94. The molecule has 0 spiro atoms. The monoisotopic (exact) mass is 271 g/mol.